The summed E-state index contributed by atoms with van der Waals surface area (Å²) in [5, 5.41) is 6.73. The number of benzene rings is 1. The summed E-state index contributed by atoms with van der Waals surface area (Å²) in [7, 11) is 1.84. The van der Waals surface area contributed by atoms with E-state index in [-0.39, 0.29) is 11.8 Å². The number of rotatable bonds is 3. The van der Waals surface area contributed by atoms with Crippen molar-refractivity contribution in [1.29, 1.82) is 0 Å². The first-order chi connectivity index (χ1) is 9.71. The highest BCUT2D eigenvalue weighted by Gasteiger charge is 2.30. The number of amides is 1. The number of thiazole rings is 1. The topological polar surface area (TPSA) is 54.0 Å². The third-order valence-corrected chi connectivity index (χ3v) is 5.28. The van der Waals surface area contributed by atoms with Crippen molar-refractivity contribution in [2.75, 3.05) is 23.9 Å². The van der Waals surface area contributed by atoms with Crippen LogP contribution in [0, 0.1) is 0 Å². The molecule has 20 heavy (non-hydrogen) atoms. The molecule has 0 fully saturated rings. The Bertz CT molecular complexity index is 636. The van der Waals surface area contributed by atoms with E-state index in [0.29, 0.717) is 12.2 Å². The summed E-state index contributed by atoms with van der Waals surface area (Å²) < 4.78 is 0. The minimum Gasteiger partial charge on any atom is -0.365 e. The van der Waals surface area contributed by atoms with Crippen LogP contribution in [-0.4, -0.2) is 24.2 Å². The molecular weight excluding hydrogens is 290 g/mol. The molecule has 4 nitrogen and oxygen atoms in total. The van der Waals surface area contributed by atoms with Gasteiger partial charge in [0.15, 0.2) is 5.13 Å². The van der Waals surface area contributed by atoms with Gasteiger partial charge in [0.2, 0.25) is 5.91 Å². The number of carbonyl (C=O) groups is 1. The molecular formula is C14H15N3OS2. The summed E-state index contributed by atoms with van der Waals surface area (Å²) in [6.45, 7) is 0. The molecule has 1 aromatic heterocycles. The Morgan fingerprint density at radius 1 is 1.40 bits per heavy atom. The molecule has 2 N–H and O–H groups in total. The van der Waals surface area contributed by atoms with Crippen molar-refractivity contribution in [2.24, 2.45) is 0 Å². The fourth-order valence-corrected chi connectivity index (χ4v) is 3.74. The van der Waals surface area contributed by atoms with Crippen LogP contribution in [-0.2, 0) is 4.79 Å². The van der Waals surface area contributed by atoms with Crippen molar-refractivity contribution in [2.45, 2.75) is 17.2 Å². The lowest BCUT2D eigenvalue weighted by Crippen LogP contribution is -2.22. The van der Waals surface area contributed by atoms with E-state index in [1.165, 1.54) is 10.5 Å². The van der Waals surface area contributed by atoms with Crippen molar-refractivity contribution < 1.29 is 4.79 Å². The van der Waals surface area contributed by atoms with Crippen LogP contribution in [0.25, 0.3) is 0 Å². The number of anilines is 2. The van der Waals surface area contributed by atoms with Gasteiger partial charge in [0.05, 0.1) is 4.88 Å². The van der Waals surface area contributed by atoms with Crippen LogP contribution in [0.2, 0.25) is 0 Å². The highest BCUT2D eigenvalue weighted by Crippen LogP contribution is 2.42. The zero-order valence-corrected chi connectivity index (χ0v) is 12.9. The monoisotopic (exact) mass is 305 g/mol. The highest BCUT2D eigenvalue weighted by atomic mass is 32.2. The smallest absolute Gasteiger partial charge is 0.226 e. The van der Waals surface area contributed by atoms with Crippen molar-refractivity contribution in [3.05, 3.63) is 34.7 Å². The van der Waals surface area contributed by atoms with Gasteiger partial charge in [-0.25, -0.2) is 4.98 Å². The molecule has 1 unspecified atom stereocenters. The standard InChI is InChI=1S/C14H15N3OS2/c1-15-14-17-13-12(20-14)10(7-11(18)16-13)8-3-5-9(19-2)6-4-8/h3-6,10H,7H2,1-2H3,(H,15,17)(H,16,18). The number of carbonyl (C=O) groups excluding carboxylic acids is 1. The van der Waals surface area contributed by atoms with E-state index in [4.69, 9.17) is 0 Å². The third kappa shape index (κ3) is 2.41. The van der Waals surface area contributed by atoms with E-state index in [9.17, 15) is 4.79 Å². The molecule has 1 atom stereocenters. The fraction of sp³-hybridized carbons (Fsp3) is 0.286. The van der Waals surface area contributed by atoms with Crippen molar-refractivity contribution in [3.8, 4) is 0 Å². The second-order valence-corrected chi connectivity index (χ2v) is 6.47. The Hall–Kier alpha value is -1.53. The Kier molecular flexibility index (Phi) is 3.67. The first kappa shape index (κ1) is 13.5. The number of hydrogen-bond acceptors (Lipinski definition) is 5. The van der Waals surface area contributed by atoms with E-state index < -0.39 is 0 Å². The van der Waals surface area contributed by atoms with Crippen LogP contribution in [0.5, 0.6) is 0 Å². The van der Waals surface area contributed by atoms with Gasteiger partial charge >= 0.3 is 0 Å². The van der Waals surface area contributed by atoms with E-state index in [1.807, 2.05) is 7.05 Å². The Morgan fingerprint density at radius 3 is 2.80 bits per heavy atom. The maximum Gasteiger partial charge on any atom is 0.226 e. The fourth-order valence-electron chi connectivity index (χ4n) is 2.33. The molecule has 1 aliphatic rings. The number of thioether (sulfide) groups is 1. The molecule has 6 heteroatoms. The number of hydrogen-bond donors (Lipinski definition) is 2. The number of nitrogens with one attached hydrogen (secondary N) is 2. The first-order valence-corrected chi connectivity index (χ1v) is 8.37. The maximum absolute atomic E-state index is 11.9. The van der Waals surface area contributed by atoms with Gasteiger partial charge in [0, 0.05) is 24.3 Å². The molecule has 0 bridgehead atoms. The lowest BCUT2D eigenvalue weighted by atomic mass is 9.92. The Morgan fingerprint density at radius 2 is 2.15 bits per heavy atom. The van der Waals surface area contributed by atoms with Crippen LogP contribution >= 0.6 is 23.1 Å². The Balaban J connectivity index is 2.00. The van der Waals surface area contributed by atoms with Gasteiger partial charge in [-0.1, -0.05) is 23.5 Å². The van der Waals surface area contributed by atoms with Crippen LogP contribution in [0.3, 0.4) is 0 Å². The molecule has 0 saturated carbocycles. The lowest BCUT2D eigenvalue weighted by Gasteiger charge is -2.21. The van der Waals surface area contributed by atoms with Gasteiger partial charge in [0.25, 0.3) is 0 Å². The molecule has 0 radical (unpaired) electrons. The predicted octanol–water partition coefficient (Wildman–Crippen LogP) is 3.38. The van der Waals surface area contributed by atoms with Crippen LogP contribution in [0.1, 0.15) is 22.8 Å². The van der Waals surface area contributed by atoms with Gasteiger partial charge in [-0.3, -0.25) is 4.79 Å². The van der Waals surface area contributed by atoms with Gasteiger partial charge in [0.1, 0.15) is 5.82 Å². The molecule has 2 heterocycles. The van der Waals surface area contributed by atoms with E-state index >= 15 is 0 Å². The zero-order chi connectivity index (χ0) is 14.1. The van der Waals surface area contributed by atoms with Gasteiger partial charge in [-0.15, -0.1) is 11.8 Å². The molecule has 0 spiro atoms. The molecule has 3 rings (SSSR count). The van der Waals surface area contributed by atoms with Gasteiger partial charge in [-0.05, 0) is 24.0 Å². The SMILES string of the molecule is CNc1nc2c(s1)C(c1ccc(SC)cc1)CC(=O)N2. The number of aromatic nitrogens is 1. The first-order valence-electron chi connectivity index (χ1n) is 6.33. The molecule has 0 saturated heterocycles. The molecule has 1 amide bonds. The summed E-state index contributed by atoms with van der Waals surface area (Å²) >= 11 is 3.33. The van der Waals surface area contributed by atoms with Crippen molar-refractivity contribution in [1.82, 2.24) is 4.98 Å². The van der Waals surface area contributed by atoms with Crippen molar-refractivity contribution in [3.63, 3.8) is 0 Å². The minimum atomic E-state index is 0.0318. The summed E-state index contributed by atoms with van der Waals surface area (Å²) in [6.07, 6.45) is 2.54. The highest BCUT2D eigenvalue weighted by molar-refractivity contribution is 7.98. The second-order valence-electron chi connectivity index (χ2n) is 4.56. The second kappa shape index (κ2) is 5.46. The zero-order valence-electron chi connectivity index (χ0n) is 11.3. The normalized spacial score (nSPS) is 17.5. The maximum atomic E-state index is 11.9. The van der Waals surface area contributed by atoms with Gasteiger partial charge in [-0.2, -0.15) is 0 Å². The van der Waals surface area contributed by atoms with E-state index in [2.05, 4.69) is 46.1 Å². The van der Waals surface area contributed by atoms with Crippen LogP contribution in [0.15, 0.2) is 29.2 Å². The van der Waals surface area contributed by atoms with E-state index in [1.54, 1.807) is 23.1 Å². The molecule has 1 aromatic carbocycles. The molecule has 1 aliphatic heterocycles. The summed E-state index contributed by atoms with van der Waals surface area (Å²) in [4.78, 5) is 18.6. The molecule has 104 valence electrons. The summed E-state index contributed by atoms with van der Waals surface area (Å²) in [6, 6.07) is 8.42. The molecule has 0 aliphatic carbocycles. The van der Waals surface area contributed by atoms with Gasteiger partial charge < -0.3 is 10.6 Å². The predicted molar refractivity (Wildman–Crippen MR) is 85.0 cm³/mol. The van der Waals surface area contributed by atoms with Crippen LogP contribution < -0.4 is 10.6 Å². The van der Waals surface area contributed by atoms with E-state index in [0.717, 1.165) is 10.0 Å². The average Bonchev–Trinajstić information content (AvgIpc) is 2.89. The summed E-state index contributed by atoms with van der Waals surface area (Å²) in [5.41, 5.74) is 1.17. The number of fused-ring (bicyclic) bond motifs is 1. The quantitative estimate of drug-likeness (QED) is 0.854. The third-order valence-electron chi connectivity index (χ3n) is 3.35. The largest absolute Gasteiger partial charge is 0.365 e. The summed E-state index contributed by atoms with van der Waals surface area (Å²) in [5.74, 6) is 0.841. The molecule has 2 aromatic rings. The van der Waals surface area contributed by atoms with Crippen molar-refractivity contribution >= 4 is 40.0 Å². The number of nitrogens with zero attached hydrogens (tertiary/aromatic N) is 1. The minimum absolute atomic E-state index is 0.0318. The van der Waals surface area contributed by atoms with Crippen LogP contribution in [0.4, 0.5) is 10.9 Å². The lowest BCUT2D eigenvalue weighted by molar-refractivity contribution is -0.116. The average molecular weight is 305 g/mol. The Labute approximate surface area is 126 Å².